The molecule has 0 bridgehead atoms. The lowest BCUT2D eigenvalue weighted by atomic mass is 10.3. The quantitative estimate of drug-likeness (QED) is 0.676. The zero-order valence-corrected chi connectivity index (χ0v) is 12.7. The van der Waals surface area contributed by atoms with Gasteiger partial charge >= 0.3 is 5.97 Å². The van der Waals surface area contributed by atoms with E-state index < -0.39 is 5.97 Å². The number of ether oxygens (including phenoxy) is 1. The highest BCUT2D eigenvalue weighted by atomic mass is 32.2. The van der Waals surface area contributed by atoms with Crippen LogP contribution in [-0.2, 0) is 9.53 Å². The van der Waals surface area contributed by atoms with Gasteiger partial charge in [-0.1, -0.05) is 0 Å². The second-order valence-electron chi connectivity index (χ2n) is 3.95. The summed E-state index contributed by atoms with van der Waals surface area (Å²) in [4.78, 5) is 24.1. The first-order chi connectivity index (χ1) is 10.1. The van der Waals surface area contributed by atoms with Crippen molar-refractivity contribution in [3.8, 4) is 0 Å². The van der Waals surface area contributed by atoms with Gasteiger partial charge in [0.25, 0.3) is 0 Å². The molecule has 1 N–H and O–H groups in total. The summed E-state index contributed by atoms with van der Waals surface area (Å²) in [6.45, 7) is 0. The molecule has 1 heterocycles. The number of benzene rings is 1. The van der Waals surface area contributed by atoms with Crippen LogP contribution in [0.1, 0.15) is 10.4 Å². The molecule has 0 fully saturated rings. The Morgan fingerprint density at radius 1 is 1.29 bits per heavy atom. The topological polar surface area (TPSA) is 55.4 Å². The zero-order chi connectivity index (χ0) is 15.2. The monoisotopic (exact) mass is 325 g/mol. The van der Waals surface area contributed by atoms with Gasteiger partial charge in [-0.3, -0.25) is 4.79 Å². The Kier molecular flexibility index (Phi) is 5.35. The summed E-state index contributed by atoms with van der Waals surface area (Å²) in [5.41, 5.74) is 0.336. The van der Waals surface area contributed by atoms with Gasteiger partial charge in [0.05, 0.1) is 18.4 Å². The summed E-state index contributed by atoms with van der Waals surface area (Å²) >= 11 is 2.54. The van der Waals surface area contributed by atoms with Crippen LogP contribution < -0.4 is 5.32 Å². The first-order valence-electron chi connectivity index (χ1n) is 5.94. The molecule has 110 valence electrons. The minimum absolute atomic E-state index is 0.171. The Morgan fingerprint density at radius 2 is 2.00 bits per heavy atom. The van der Waals surface area contributed by atoms with Crippen LogP contribution >= 0.6 is 23.1 Å². The number of esters is 1. The van der Waals surface area contributed by atoms with Gasteiger partial charge in [0.15, 0.2) is 0 Å². The number of hydrogen-bond donors (Lipinski definition) is 1. The second-order valence-corrected chi connectivity index (χ2v) is 5.91. The fourth-order valence-corrected chi connectivity index (χ4v) is 3.01. The molecule has 0 aliphatic rings. The van der Waals surface area contributed by atoms with Crippen molar-refractivity contribution in [3.63, 3.8) is 0 Å². The van der Waals surface area contributed by atoms with E-state index in [4.69, 9.17) is 0 Å². The molecule has 4 nitrogen and oxygen atoms in total. The highest BCUT2D eigenvalue weighted by molar-refractivity contribution is 8.00. The van der Waals surface area contributed by atoms with Crippen molar-refractivity contribution in [2.75, 3.05) is 18.2 Å². The van der Waals surface area contributed by atoms with Gasteiger partial charge in [0.2, 0.25) is 5.91 Å². The summed E-state index contributed by atoms with van der Waals surface area (Å²) in [7, 11) is 1.29. The Morgan fingerprint density at radius 3 is 2.67 bits per heavy atom. The van der Waals surface area contributed by atoms with Crippen LogP contribution in [0.3, 0.4) is 0 Å². The maximum absolute atomic E-state index is 12.8. The van der Waals surface area contributed by atoms with E-state index >= 15 is 0 Å². The number of carbonyl (C=O) groups excluding carboxylic acids is 2. The molecule has 1 aromatic heterocycles. The fraction of sp³-hybridized carbons (Fsp3) is 0.143. The highest BCUT2D eigenvalue weighted by Gasteiger charge is 2.15. The van der Waals surface area contributed by atoms with Crippen molar-refractivity contribution in [1.29, 1.82) is 0 Å². The molecule has 0 spiro atoms. The van der Waals surface area contributed by atoms with Crippen LogP contribution in [0.4, 0.5) is 9.39 Å². The molecule has 2 aromatic rings. The van der Waals surface area contributed by atoms with Gasteiger partial charge < -0.3 is 10.1 Å². The number of nitrogens with one attached hydrogen (secondary N) is 1. The molecule has 0 aliphatic heterocycles. The van der Waals surface area contributed by atoms with Crippen molar-refractivity contribution >= 4 is 40.0 Å². The fourth-order valence-electron chi connectivity index (χ4n) is 1.52. The van der Waals surface area contributed by atoms with Gasteiger partial charge in [0, 0.05) is 4.90 Å². The SMILES string of the molecule is COC(=O)c1ccsc1NC(=O)CSc1ccc(F)cc1. The van der Waals surface area contributed by atoms with Gasteiger partial charge in [-0.15, -0.1) is 23.1 Å². The average molecular weight is 325 g/mol. The molecule has 0 aliphatic carbocycles. The first-order valence-corrected chi connectivity index (χ1v) is 7.80. The minimum atomic E-state index is -0.488. The van der Waals surface area contributed by atoms with E-state index in [2.05, 4.69) is 10.1 Å². The van der Waals surface area contributed by atoms with E-state index in [0.717, 1.165) is 4.90 Å². The number of methoxy groups -OCH3 is 1. The first kappa shape index (κ1) is 15.5. The largest absolute Gasteiger partial charge is 0.465 e. The zero-order valence-electron chi connectivity index (χ0n) is 11.1. The number of thiophene rings is 1. The van der Waals surface area contributed by atoms with Crippen LogP contribution in [0.15, 0.2) is 40.6 Å². The molecule has 1 aromatic carbocycles. The smallest absolute Gasteiger partial charge is 0.340 e. The van der Waals surface area contributed by atoms with Crippen molar-refractivity contribution in [2.24, 2.45) is 0 Å². The Bertz CT molecular complexity index is 640. The highest BCUT2D eigenvalue weighted by Crippen LogP contribution is 2.25. The Labute approximate surface area is 129 Å². The van der Waals surface area contributed by atoms with E-state index in [1.807, 2.05) is 0 Å². The summed E-state index contributed by atoms with van der Waals surface area (Å²) in [6, 6.07) is 7.50. The molecule has 21 heavy (non-hydrogen) atoms. The lowest BCUT2D eigenvalue weighted by Gasteiger charge is -2.05. The van der Waals surface area contributed by atoms with E-state index in [9.17, 15) is 14.0 Å². The van der Waals surface area contributed by atoms with Crippen LogP contribution in [0, 0.1) is 5.82 Å². The van der Waals surface area contributed by atoms with Crippen molar-refractivity contribution in [1.82, 2.24) is 0 Å². The van der Waals surface area contributed by atoms with Crippen molar-refractivity contribution in [2.45, 2.75) is 4.90 Å². The van der Waals surface area contributed by atoms with Crippen molar-refractivity contribution in [3.05, 3.63) is 47.1 Å². The number of amides is 1. The van der Waals surface area contributed by atoms with Gasteiger partial charge in [-0.2, -0.15) is 0 Å². The molecule has 0 atom stereocenters. The van der Waals surface area contributed by atoms with E-state index in [-0.39, 0.29) is 17.5 Å². The van der Waals surface area contributed by atoms with E-state index in [1.165, 1.54) is 42.3 Å². The summed E-state index contributed by atoms with van der Waals surface area (Å²) in [6.07, 6.45) is 0. The third-order valence-electron chi connectivity index (χ3n) is 2.51. The summed E-state index contributed by atoms with van der Waals surface area (Å²) in [5.74, 6) is -0.871. The van der Waals surface area contributed by atoms with E-state index in [1.54, 1.807) is 23.6 Å². The Hall–Kier alpha value is -1.86. The number of anilines is 1. The molecule has 0 radical (unpaired) electrons. The lowest BCUT2D eigenvalue weighted by Crippen LogP contribution is -2.15. The predicted octanol–water partition coefficient (Wildman–Crippen LogP) is 3.40. The van der Waals surface area contributed by atoms with E-state index in [0.29, 0.717) is 10.6 Å². The molecule has 0 unspecified atom stereocenters. The molecule has 0 saturated carbocycles. The average Bonchev–Trinajstić information content (AvgIpc) is 2.94. The summed E-state index contributed by atoms with van der Waals surface area (Å²) in [5, 5.41) is 4.84. The Balaban J connectivity index is 1.92. The number of carbonyl (C=O) groups is 2. The molecule has 0 saturated heterocycles. The lowest BCUT2D eigenvalue weighted by molar-refractivity contribution is -0.113. The number of halogens is 1. The molecule has 2 rings (SSSR count). The summed E-state index contributed by atoms with van der Waals surface area (Å²) < 4.78 is 17.4. The molecular formula is C14H12FNO3S2. The standard InChI is InChI=1S/C14H12FNO3S2/c1-19-14(18)11-6-7-20-13(11)16-12(17)8-21-10-4-2-9(15)3-5-10/h2-7H,8H2,1H3,(H,16,17). The van der Waals surface area contributed by atoms with Crippen LogP contribution in [-0.4, -0.2) is 24.7 Å². The van der Waals surface area contributed by atoms with Gasteiger partial charge in [-0.25, -0.2) is 9.18 Å². The number of thioether (sulfide) groups is 1. The van der Waals surface area contributed by atoms with Gasteiger partial charge in [-0.05, 0) is 35.7 Å². The second kappa shape index (κ2) is 7.24. The number of hydrogen-bond acceptors (Lipinski definition) is 5. The maximum Gasteiger partial charge on any atom is 0.340 e. The maximum atomic E-state index is 12.8. The molecular weight excluding hydrogens is 313 g/mol. The minimum Gasteiger partial charge on any atom is -0.465 e. The van der Waals surface area contributed by atoms with Gasteiger partial charge in [0.1, 0.15) is 10.8 Å². The van der Waals surface area contributed by atoms with Crippen LogP contribution in [0.25, 0.3) is 0 Å². The van der Waals surface area contributed by atoms with Crippen LogP contribution in [0.5, 0.6) is 0 Å². The number of rotatable bonds is 5. The third-order valence-corrected chi connectivity index (χ3v) is 4.35. The normalized spacial score (nSPS) is 10.2. The predicted molar refractivity (Wildman–Crippen MR) is 81.4 cm³/mol. The van der Waals surface area contributed by atoms with Crippen LogP contribution in [0.2, 0.25) is 0 Å². The molecule has 7 heteroatoms. The third kappa shape index (κ3) is 4.30. The van der Waals surface area contributed by atoms with Crippen molar-refractivity contribution < 1.29 is 18.7 Å². The molecule has 1 amide bonds.